The maximum absolute atomic E-state index is 11.7. The maximum Gasteiger partial charge on any atom is 0.239 e. The Hall–Kier alpha value is -1.55. The first-order valence-electron chi connectivity index (χ1n) is 7.56. The molecule has 0 unspecified atom stereocenters. The van der Waals surface area contributed by atoms with Gasteiger partial charge < -0.3 is 16.0 Å². The molecule has 0 spiro atoms. The number of rotatable bonds is 3. The summed E-state index contributed by atoms with van der Waals surface area (Å²) in [6.07, 6.45) is 4.85. The zero-order valence-electron chi connectivity index (χ0n) is 11.9. The Morgan fingerprint density at radius 1 is 1.25 bits per heavy atom. The number of hydrogen-bond acceptors (Lipinski definition) is 3. The number of piperazine rings is 1. The molecule has 1 aliphatic carbocycles. The molecule has 1 saturated carbocycles. The van der Waals surface area contributed by atoms with E-state index < -0.39 is 0 Å². The molecular formula is C16H23N3O. The van der Waals surface area contributed by atoms with Crippen LogP contribution in [0.1, 0.15) is 31.2 Å². The van der Waals surface area contributed by atoms with Gasteiger partial charge in [-0.1, -0.05) is 31.0 Å². The van der Waals surface area contributed by atoms with E-state index in [1.165, 1.54) is 36.9 Å². The number of amides is 1. The highest BCUT2D eigenvalue weighted by Crippen LogP contribution is 2.44. The molecule has 1 heterocycles. The van der Waals surface area contributed by atoms with Crippen LogP contribution in [0.15, 0.2) is 24.3 Å². The Morgan fingerprint density at radius 2 is 2.00 bits per heavy atom. The Morgan fingerprint density at radius 3 is 2.70 bits per heavy atom. The quantitative estimate of drug-likeness (QED) is 0.875. The molecule has 0 radical (unpaired) electrons. The highest BCUT2D eigenvalue weighted by Gasteiger charge is 2.37. The van der Waals surface area contributed by atoms with Crippen molar-refractivity contribution in [1.82, 2.24) is 5.32 Å². The van der Waals surface area contributed by atoms with Crippen LogP contribution in [0, 0.1) is 0 Å². The molecular weight excluding hydrogens is 250 g/mol. The Labute approximate surface area is 120 Å². The summed E-state index contributed by atoms with van der Waals surface area (Å²) in [5.41, 5.74) is 8.79. The molecule has 0 atom stereocenters. The fraction of sp³-hybridized carbons (Fsp3) is 0.562. The van der Waals surface area contributed by atoms with Crippen LogP contribution >= 0.6 is 0 Å². The van der Waals surface area contributed by atoms with E-state index in [2.05, 4.69) is 34.5 Å². The minimum absolute atomic E-state index is 0.110. The van der Waals surface area contributed by atoms with Crippen LogP contribution < -0.4 is 16.0 Å². The lowest BCUT2D eigenvalue weighted by Gasteiger charge is -2.36. The molecule has 2 fully saturated rings. The van der Waals surface area contributed by atoms with E-state index in [-0.39, 0.29) is 11.3 Å². The SMILES string of the molecule is NCC1(c2ccccc2N2CCNC(=O)C2)CCCC1. The predicted molar refractivity (Wildman–Crippen MR) is 80.9 cm³/mol. The fourth-order valence-corrected chi connectivity index (χ4v) is 3.68. The van der Waals surface area contributed by atoms with E-state index in [1.807, 2.05) is 0 Å². The topological polar surface area (TPSA) is 58.4 Å². The van der Waals surface area contributed by atoms with Gasteiger partial charge in [0.05, 0.1) is 6.54 Å². The van der Waals surface area contributed by atoms with E-state index in [0.29, 0.717) is 13.1 Å². The number of nitrogens with two attached hydrogens (primary N) is 1. The highest BCUT2D eigenvalue weighted by molar-refractivity contribution is 5.83. The van der Waals surface area contributed by atoms with Crippen molar-refractivity contribution >= 4 is 11.6 Å². The zero-order valence-corrected chi connectivity index (χ0v) is 11.9. The lowest BCUT2D eigenvalue weighted by Crippen LogP contribution is -2.48. The molecule has 1 saturated heterocycles. The number of anilines is 1. The van der Waals surface area contributed by atoms with Crippen molar-refractivity contribution in [3.8, 4) is 0 Å². The number of nitrogens with zero attached hydrogens (tertiary/aromatic N) is 1. The third-order valence-electron chi connectivity index (χ3n) is 4.81. The maximum atomic E-state index is 11.7. The van der Waals surface area contributed by atoms with Gasteiger partial charge in [-0.25, -0.2) is 0 Å². The minimum Gasteiger partial charge on any atom is -0.360 e. The summed E-state index contributed by atoms with van der Waals surface area (Å²) in [5, 5.41) is 2.89. The van der Waals surface area contributed by atoms with Crippen molar-refractivity contribution in [3.05, 3.63) is 29.8 Å². The average molecular weight is 273 g/mol. The first-order chi connectivity index (χ1) is 9.75. The van der Waals surface area contributed by atoms with Gasteiger partial charge in [-0.05, 0) is 24.5 Å². The monoisotopic (exact) mass is 273 g/mol. The van der Waals surface area contributed by atoms with Gasteiger partial charge in [0.2, 0.25) is 5.91 Å². The Bertz CT molecular complexity index is 494. The van der Waals surface area contributed by atoms with E-state index >= 15 is 0 Å². The van der Waals surface area contributed by atoms with Crippen molar-refractivity contribution in [1.29, 1.82) is 0 Å². The standard InChI is InChI=1S/C16H23N3O/c17-12-16(7-3-4-8-16)13-5-1-2-6-14(13)19-10-9-18-15(20)11-19/h1-2,5-6H,3-4,7-12,17H2,(H,18,20). The second-order valence-corrected chi connectivity index (χ2v) is 5.98. The van der Waals surface area contributed by atoms with E-state index in [9.17, 15) is 4.79 Å². The van der Waals surface area contributed by atoms with Crippen LogP contribution in [-0.2, 0) is 10.2 Å². The number of hydrogen-bond donors (Lipinski definition) is 2. The zero-order chi connectivity index (χ0) is 14.0. The van der Waals surface area contributed by atoms with Crippen molar-refractivity contribution in [2.45, 2.75) is 31.1 Å². The van der Waals surface area contributed by atoms with Crippen molar-refractivity contribution in [2.75, 3.05) is 31.1 Å². The van der Waals surface area contributed by atoms with Crippen LogP contribution in [0.4, 0.5) is 5.69 Å². The molecule has 1 amide bonds. The molecule has 108 valence electrons. The summed E-state index contributed by atoms with van der Waals surface area (Å²) < 4.78 is 0. The summed E-state index contributed by atoms with van der Waals surface area (Å²) in [4.78, 5) is 13.8. The van der Waals surface area contributed by atoms with Gasteiger partial charge in [0.15, 0.2) is 0 Å². The van der Waals surface area contributed by atoms with Gasteiger partial charge in [-0.15, -0.1) is 0 Å². The molecule has 4 nitrogen and oxygen atoms in total. The largest absolute Gasteiger partial charge is 0.360 e. The second-order valence-electron chi connectivity index (χ2n) is 5.98. The molecule has 2 aliphatic rings. The van der Waals surface area contributed by atoms with Gasteiger partial charge in [0.1, 0.15) is 0 Å². The third-order valence-corrected chi connectivity index (χ3v) is 4.81. The van der Waals surface area contributed by atoms with E-state index in [1.54, 1.807) is 0 Å². The Kier molecular flexibility index (Phi) is 3.66. The molecule has 4 heteroatoms. The van der Waals surface area contributed by atoms with Crippen LogP contribution in [0.2, 0.25) is 0 Å². The van der Waals surface area contributed by atoms with E-state index in [0.717, 1.165) is 13.1 Å². The fourth-order valence-electron chi connectivity index (χ4n) is 3.68. The third kappa shape index (κ3) is 2.29. The normalized spacial score (nSPS) is 21.9. The van der Waals surface area contributed by atoms with Gasteiger partial charge in [0.25, 0.3) is 0 Å². The molecule has 1 aromatic rings. The summed E-state index contributed by atoms with van der Waals surface area (Å²) in [7, 11) is 0. The molecule has 0 aromatic heterocycles. The smallest absolute Gasteiger partial charge is 0.239 e. The van der Waals surface area contributed by atoms with Gasteiger partial charge in [-0.2, -0.15) is 0 Å². The number of nitrogens with one attached hydrogen (secondary N) is 1. The summed E-state index contributed by atoms with van der Waals surface area (Å²) >= 11 is 0. The number of para-hydroxylation sites is 1. The van der Waals surface area contributed by atoms with Gasteiger partial charge in [0, 0.05) is 30.7 Å². The van der Waals surface area contributed by atoms with Crippen LogP contribution in [0.3, 0.4) is 0 Å². The first kappa shape index (κ1) is 13.4. The lowest BCUT2D eigenvalue weighted by molar-refractivity contribution is -0.120. The second kappa shape index (κ2) is 5.44. The first-order valence-corrected chi connectivity index (χ1v) is 7.56. The minimum atomic E-state index is 0.110. The molecule has 1 aliphatic heterocycles. The molecule has 3 rings (SSSR count). The lowest BCUT2D eigenvalue weighted by atomic mass is 9.78. The highest BCUT2D eigenvalue weighted by atomic mass is 16.2. The summed E-state index contributed by atoms with van der Waals surface area (Å²) in [5.74, 6) is 0.110. The number of carbonyl (C=O) groups excluding carboxylic acids is 1. The van der Waals surface area contributed by atoms with Crippen molar-refractivity contribution < 1.29 is 4.79 Å². The number of carbonyl (C=O) groups is 1. The number of benzene rings is 1. The van der Waals surface area contributed by atoms with Gasteiger partial charge in [-0.3, -0.25) is 4.79 Å². The summed E-state index contributed by atoms with van der Waals surface area (Å²) in [6, 6.07) is 8.51. The molecule has 0 bridgehead atoms. The van der Waals surface area contributed by atoms with Crippen LogP contribution in [0.25, 0.3) is 0 Å². The van der Waals surface area contributed by atoms with E-state index in [4.69, 9.17) is 5.73 Å². The van der Waals surface area contributed by atoms with Crippen LogP contribution in [0.5, 0.6) is 0 Å². The van der Waals surface area contributed by atoms with Crippen molar-refractivity contribution in [3.63, 3.8) is 0 Å². The predicted octanol–water partition coefficient (Wildman–Crippen LogP) is 1.39. The molecule has 3 N–H and O–H groups in total. The molecule has 1 aromatic carbocycles. The van der Waals surface area contributed by atoms with Crippen LogP contribution in [-0.4, -0.2) is 32.1 Å². The Balaban J connectivity index is 1.97. The molecule has 20 heavy (non-hydrogen) atoms. The average Bonchev–Trinajstić information content (AvgIpc) is 2.97. The summed E-state index contributed by atoms with van der Waals surface area (Å²) in [6.45, 7) is 2.76. The van der Waals surface area contributed by atoms with Gasteiger partial charge >= 0.3 is 0 Å². The van der Waals surface area contributed by atoms with Crippen molar-refractivity contribution in [2.24, 2.45) is 5.73 Å².